The molecule has 0 radical (unpaired) electrons. The van der Waals surface area contributed by atoms with Crippen LogP contribution in [-0.4, -0.2) is 45.6 Å². The Bertz CT molecular complexity index is 361. The van der Waals surface area contributed by atoms with Gasteiger partial charge < -0.3 is 20.1 Å². The van der Waals surface area contributed by atoms with Crippen LogP contribution in [0.2, 0.25) is 0 Å². The van der Waals surface area contributed by atoms with Crippen molar-refractivity contribution in [3.63, 3.8) is 0 Å². The normalized spacial score (nSPS) is 10.7. The average molecular weight is 256 g/mol. The van der Waals surface area contributed by atoms with Crippen molar-refractivity contribution >= 4 is 5.69 Å². The van der Waals surface area contributed by atoms with E-state index < -0.39 is 0 Å². The molecule has 0 aliphatic rings. The van der Waals surface area contributed by atoms with Gasteiger partial charge in [0.05, 0.1) is 13.2 Å². The van der Waals surface area contributed by atoms with E-state index in [4.69, 9.17) is 9.84 Å². The SMILES string of the molecule is CNCc1cc(F)cc(N(CCO)CCOC)c1. The third kappa shape index (κ3) is 4.60. The molecule has 0 unspecified atom stereocenters. The summed E-state index contributed by atoms with van der Waals surface area (Å²) in [5.41, 5.74) is 1.65. The Morgan fingerprint density at radius 2 is 2.11 bits per heavy atom. The van der Waals surface area contributed by atoms with Crippen LogP contribution in [0.25, 0.3) is 0 Å². The lowest BCUT2D eigenvalue weighted by Gasteiger charge is -2.24. The number of aliphatic hydroxyl groups excluding tert-OH is 1. The lowest BCUT2D eigenvalue weighted by molar-refractivity contribution is 0.203. The van der Waals surface area contributed by atoms with Gasteiger partial charge in [0.25, 0.3) is 0 Å². The monoisotopic (exact) mass is 256 g/mol. The molecule has 102 valence electrons. The number of benzene rings is 1. The van der Waals surface area contributed by atoms with Crippen LogP contribution in [0, 0.1) is 5.82 Å². The third-order valence-electron chi connectivity index (χ3n) is 2.62. The summed E-state index contributed by atoms with van der Waals surface area (Å²) in [5, 5.41) is 12.0. The fourth-order valence-electron chi connectivity index (χ4n) is 1.81. The molecular weight excluding hydrogens is 235 g/mol. The molecule has 0 saturated carbocycles. The summed E-state index contributed by atoms with van der Waals surface area (Å²) < 4.78 is 18.5. The van der Waals surface area contributed by atoms with E-state index in [-0.39, 0.29) is 12.4 Å². The van der Waals surface area contributed by atoms with Crippen molar-refractivity contribution in [3.05, 3.63) is 29.6 Å². The molecule has 0 aliphatic heterocycles. The van der Waals surface area contributed by atoms with Gasteiger partial charge in [0, 0.05) is 32.4 Å². The summed E-state index contributed by atoms with van der Waals surface area (Å²) in [6, 6.07) is 4.91. The fraction of sp³-hybridized carbons (Fsp3) is 0.538. The van der Waals surface area contributed by atoms with E-state index in [0.717, 1.165) is 11.3 Å². The molecule has 0 fully saturated rings. The van der Waals surface area contributed by atoms with Crippen LogP contribution in [0.1, 0.15) is 5.56 Å². The predicted molar refractivity (Wildman–Crippen MR) is 70.3 cm³/mol. The molecule has 0 saturated heterocycles. The molecular formula is C13H21FN2O2. The molecule has 1 aromatic carbocycles. The summed E-state index contributed by atoms with van der Waals surface area (Å²) in [5.74, 6) is -0.266. The molecule has 0 aromatic heterocycles. The Morgan fingerprint density at radius 3 is 2.72 bits per heavy atom. The molecule has 1 rings (SSSR count). The van der Waals surface area contributed by atoms with Crippen molar-refractivity contribution in [3.8, 4) is 0 Å². The lowest BCUT2D eigenvalue weighted by Crippen LogP contribution is -2.30. The number of methoxy groups -OCH3 is 1. The van der Waals surface area contributed by atoms with E-state index in [1.807, 2.05) is 18.0 Å². The van der Waals surface area contributed by atoms with Crippen molar-refractivity contribution in [1.29, 1.82) is 0 Å². The first-order valence-electron chi connectivity index (χ1n) is 6.00. The summed E-state index contributed by atoms with van der Waals surface area (Å²) in [6.45, 7) is 2.27. The van der Waals surface area contributed by atoms with Crippen LogP contribution in [0.15, 0.2) is 18.2 Å². The van der Waals surface area contributed by atoms with Gasteiger partial charge in [-0.3, -0.25) is 0 Å². The van der Waals surface area contributed by atoms with Crippen LogP contribution in [0.5, 0.6) is 0 Å². The number of rotatable bonds is 8. The second-order valence-corrected chi connectivity index (χ2v) is 4.05. The van der Waals surface area contributed by atoms with Crippen molar-refractivity contribution in [2.75, 3.05) is 45.4 Å². The minimum Gasteiger partial charge on any atom is -0.395 e. The number of hydrogen-bond donors (Lipinski definition) is 2. The number of ether oxygens (including phenoxy) is 1. The molecule has 0 spiro atoms. The summed E-state index contributed by atoms with van der Waals surface area (Å²) in [4.78, 5) is 1.91. The van der Waals surface area contributed by atoms with Crippen molar-refractivity contribution in [2.24, 2.45) is 0 Å². The Hall–Kier alpha value is -1.17. The largest absolute Gasteiger partial charge is 0.395 e. The highest BCUT2D eigenvalue weighted by molar-refractivity contribution is 5.49. The predicted octanol–water partition coefficient (Wildman–Crippen LogP) is 0.990. The molecule has 0 aliphatic carbocycles. The molecule has 0 atom stereocenters. The maximum atomic E-state index is 13.5. The number of hydrogen-bond acceptors (Lipinski definition) is 4. The molecule has 5 heteroatoms. The summed E-state index contributed by atoms with van der Waals surface area (Å²) in [7, 11) is 3.44. The van der Waals surface area contributed by atoms with E-state index in [1.165, 1.54) is 12.1 Å². The number of halogens is 1. The minimum absolute atomic E-state index is 0.0294. The van der Waals surface area contributed by atoms with Gasteiger partial charge in [-0.25, -0.2) is 4.39 Å². The Labute approximate surface area is 107 Å². The van der Waals surface area contributed by atoms with Gasteiger partial charge >= 0.3 is 0 Å². The highest BCUT2D eigenvalue weighted by Gasteiger charge is 2.08. The average Bonchev–Trinajstić information content (AvgIpc) is 2.34. The van der Waals surface area contributed by atoms with Gasteiger partial charge in [-0.2, -0.15) is 0 Å². The highest BCUT2D eigenvalue weighted by atomic mass is 19.1. The first-order valence-corrected chi connectivity index (χ1v) is 6.00. The highest BCUT2D eigenvalue weighted by Crippen LogP contribution is 2.18. The van der Waals surface area contributed by atoms with E-state index in [9.17, 15) is 4.39 Å². The molecule has 4 nitrogen and oxygen atoms in total. The first kappa shape index (κ1) is 14.9. The Balaban J connectivity index is 2.87. The van der Waals surface area contributed by atoms with Crippen molar-refractivity contribution in [2.45, 2.75) is 6.54 Å². The molecule has 1 aromatic rings. The summed E-state index contributed by atoms with van der Waals surface area (Å²) in [6.07, 6.45) is 0. The van der Waals surface area contributed by atoms with Crippen molar-refractivity contribution in [1.82, 2.24) is 5.32 Å². The molecule has 0 bridgehead atoms. The van der Waals surface area contributed by atoms with Gasteiger partial charge in [0.15, 0.2) is 0 Å². The van der Waals surface area contributed by atoms with Crippen LogP contribution < -0.4 is 10.2 Å². The molecule has 2 N–H and O–H groups in total. The maximum Gasteiger partial charge on any atom is 0.125 e. The quantitative estimate of drug-likeness (QED) is 0.728. The maximum absolute atomic E-state index is 13.5. The van der Waals surface area contributed by atoms with Gasteiger partial charge in [-0.05, 0) is 30.8 Å². The second-order valence-electron chi connectivity index (χ2n) is 4.05. The molecule has 0 heterocycles. The number of aliphatic hydroxyl groups is 1. The zero-order valence-corrected chi connectivity index (χ0v) is 10.9. The van der Waals surface area contributed by atoms with Crippen molar-refractivity contribution < 1.29 is 14.2 Å². The lowest BCUT2D eigenvalue weighted by atomic mass is 10.1. The number of anilines is 1. The molecule has 0 amide bonds. The minimum atomic E-state index is -0.266. The van der Waals surface area contributed by atoms with Gasteiger partial charge in [0.1, 0.15) is 5.82 Å². The zero-order chi connectivity index (χ0) is 13.4. The first-order chi connectivity index (χ1) is 8.71. The van der Waals surface area contributed by atoms with Crippen LogP contribution in [-0.2, 0) is 11.3 Å². The standard InChI is InChI=1S/C13H21FN2O2/c1-15-10-11-7-12(14)9-13(8-11)16(3-5-17)4-6-18-2/h7-9,15,17H,3-6,10H2,1-2H3. The fourth-order valence-corrected chi connectivity index (χ4v) is 1.81. The topological polar surface area (TPSA) is 44.7 Å². The zero-order valence-electron chi connectivity index (χ0n) is 10.9. The smallest absolute Gasteiger partial charge is 0.125 e. The van der Waals surface area contributed by atoms with Crippen LogP contribution >= 0.6 is 0 Å². The van der Waals surface area contributed by atoms with E-state index in [2.05, 4.69) is 5.32 Å². The second kappa shape index (κ2) is 8.02. The number of nitrogens with zero attached hydrogens (tertiary/aromatic N) is 1. The molecule has 18 heavy (non-hydrogen) atoms. The van der Waals surface area contributed by atoms with E-state index in [1.54, 1.807) is 7.11 Å². The van der Waals surface area contributed by atoms with E-state index >= 15 is 0 Å². The van der Waals surface area contributed by atoms with E-state index in [0.29, 0.717) is 26.2 Å². The Kier molecular flexibility index (Phi) is 6.64. The van der Waals surface area contributed by atoms with Gasteiger partial charge in [-0.15, -0.1) is 0 Å². The van der Waals surface area contributed by atoms with Gasteiger partial charge in [-0.1, -0.05) is 0 Å². The van der Waals surface area contributed by atoms with Crippen LogP contribution in [0.4, 0.5) is 10.1 Å². The Morgan fingerprint density at radius 1 is 1.33 bits per heavy atom. The summed E-state index contributed by atoms with van der Waals surface area (Å²) >= 11 is 0. The number of nitrogens with one attached hydrogen (secondary N) is 1. The third-order valence-corrected chi connectivity index (χ3v) is 2.62. The van der Waals surface area contributed by atoms with Gasteiger partial charge in [0.2, 0.25) is 0 Å². The van der Waals surface area contributed by atoms with Crippen LogP contribution in [0.3, 0.4) is 0 Å².